The molecular weight excluding hydrogens is 260 g/mol. The highest BCUT2D eigenvalue weighted by molar-refractivity contribution is 6.01. The average molecular weight is 276 g/mol. The summed E-state index contributed by atoms with van der Waals surface area (Å²) in [5, 5.41) is 16.3. The lowest BCUT2D eigenvalue weighted by atomic mass is 10.1. The third kappa shape index (κ3) is 2.71. The summed E-state index contributed by atoms with van der Waals surface area (Å²) in [5.74, 6) is -0.00285. The van der Waals surface area contributed by atoms with Crippen LogP contribution in [-0.4, -0.2) is 32.5 Å². The zero-order valence-corrected chi connectivity index (χ0v) is 11.5. The molecule has 2 aromatic rings. The monoisotopic (exact) mass is 276 g/mol. The topological polar surface area (TPSA) is 103 Å². The predicted molar refractivity (Wildman–Crippen MR) is 73.9 cm³/mol. The van der Waals surface area contributed by atoms with Crippen LogP contribution >= 0.6 is 0 Å². The van der Waals surface area contributed by atoms with E-state index in [2.05, 4.69) is 10.3 Å². The van der Waals surface area contributed by atoms with Gasteiger partial charge in [-0.25, -0.2) is 4.79 Å². The number of oxime groups is 1. The molecule has 0 bridgehead atoms. The Morgan fingerprint density at radius 3 is 2.75 bits per heavy atom. The minimum Gasteiger partial charge on any atom is -0.442 e. The van der Waals surface area contributed by atoms with Gasteiger partial charge in [0.1, 0.15) is 5.60 Å². The molecule has 2 rings (SSSR count). The van der Waals surface area contributed by atoms with Crippen LogP contribution in [0.1, 0.15) is 26.3 Å². The molecule has 0 saturated carbocycles. The Hall–Kier alpha value is -2.57. The number of aromatic nitrogens is 2. The Balaban J connectivity index is 2.41. The third-order valence-electron chi connectivity index (χ3n) is 2.54. The molecule has 0 fully saturated rings. The van der Waals surface area contributed by atoms with E-state index in [1.165, 1.54) is 10.9 Å². The SMILES string of the molecule is CC(C)(C)OC(=O)n1ncc2cc(/C(N)=N/O)ccc21. The minimum atomic E-state index is -0.594. The van der Waals surface area contributed by atoms with Crippen LogP contribution < -0.4 is 5.73 Å². The van der Waals surface area contributed by atoms with Gasteiger partial charge < -0.3 is 15.7 Å². The number of benzene rings is 1. The van der Waals surface area contributed by atoms with Crippen molar-refractivity contribution >= 4 is 22.8 Å². The molecular formula is C13H16N4O3. The summed E-state index contributed by atoms with van der Waals surface area (Å²) in [7, 11) is 0. The van der Waals surface area contributed by atoms with Gasteiger partial charge >= 0.3 is 6.09 Å². The van der Waals surface area contributed by atoms with Crippen LogP contribution in [0.5, 0.6) is 0 Å². The Morgan fingerprint density at radius 2 is 2.15 bits per heavy atom. The van der Waals surface area contributed by atoms with Gasteiger partial charge in [-0.05, 0) is 39.0 Å². The molecule has 1 heterocycles. The van der Waals surface area contributed by atoms with E-state index in [-0.39, 0.29) is 5.84 Å². The summed E-state index contributed by atoms with van der Waals surface area (Å²) in [6.07, 6.45) is 0.969. The first-order valence-electron chi connectivity index (χ1n) is 6.01. The number of carbonyl (C=O) groups is 1. The van der Waals surface area contributed by atoms with Crippen LogP contribution in [0, 0.1) is 0 Å². The maximum Gasteiger partial charge on any atom is 0.435 e. The molecule has 0 amide bonds. The van der Waals surface area contributed by atoms with Crippen molar-refractivity contribution in [2.75, 3.05) is 0 Å². The molecule has 20 heavy (non-hydrogen) atoms. The van der Waals surface area contributed by atoms with Gasteiger partial charge in [-0.3, -0.25) is 0 Å². The van der Waals surface area contributed by atoms with Crippen molar-refractivity contribution in [2.24, 2.45) is 10.9 Å². The predicted octanol–water partition coefficient (Wildman–Crippen LogP) is 1.91. The van der Waals surface area contributed by atoms with Crippen LogP contribution in [0.15, 0.2) is 29.6 Å². The van der Waals surface area contributed by atoms with Crippen molar-refractivity contribution < 1.29 is 14.7 Å². The lowest BCUT2D eigenvalue weighted by Crippen LogP contribution is -2.27. The lowest BCUT2D eigenvalue weighted by molar-refractivity contribution is 0.0523. The highest BCUT2D eigenvalue weighted by Gasteiger charge is 2.20. The number of amidine groups is 1. The maximum absolute atomic E-state index is 12.0. The normalized spacial score (nSPS) is 12.7. The molecule has 0 aliphatic rings. The summed E-state index contributed by atoms with van der Waals surface area (Å²) in [6, 6.07) is 4.98. The fraction of sp³-hybridized carbons (Fsp3) is 0.308. The molecule has 3 N–H and O–H groups in total. The Kier molecular flexibility index (Phi) is 3.35. The highest BCUT2D eigenvalue weighted by atomic mass is 16.6. The second-order valence-corrected chi connectivity index (χ2v) is 5.30. The van der Waals surface area contributed by atoms with Crippen molar-refractivity contribution in [3.05, 3.63) is 30.0 Å². The third-order valence-corrected chi connectivity index (χ3v) is 2.54. The molecule has 7 nitrogen and oxygen atoms in total. The zero-order valence-electron chi connectivity index (χ0n) is 11.5. The first-order valence-corrected chi connectivity index (χ1v) is 6.01. The van der Waals surface area contributed by atoms with Gasteiger partial charge in [-0.2, -0.15) is 9.78 Å². The molecule has 0 unspecified atom stereocenters. The van der Waals surface area contributed by atoms with Crippen LogP contribution in [0.3, 0.4) is 0 Å². The zero-order chi connectivity index (χ0) is 14.9. The minimum absolute atomic E-state index is 0.00285. The maximum atomic E-state index is 12.0. The quantitative estimate of drug-likeness (QED) is 0.358. The molecule has 1 aromatic carbocycles. The molecule has 0 aliphatic heterocycles. The smallest absolute Gasteiger partial charge is 0.435 e. The second-order valence-electron chi connectivity index (χ2n) is 5.30. The summed E-state index contributed by atoms with van der Waals surface area (Å²) >= 11 is 0. The Bertz CT molecular complexity index is 682. The number of hydrogen-bond acceptors (Lipinski definition) is 5. The van der Waals surface area contributed by atoms with Crippen molar-refractivity contribution in [1.82, 2.24) is 9.78 Å². The lowest BCUT2D eigenvalue weighted by Gasteiger charge is -2.19. The number of fused-ring (bicyclic) bond motifs is 1. The fourth-order valence-corrected chi connectivity index (χ4v) is 1.70. The Morgan fingerprint density at radius 1 is 1.45 bits per heavy atom. The van der Waals surface area contributed by atoms with Gasteiger partial charge in [-0.1, -0.05) is 5.16 Å². The summed E-state index contributed by atoms with van der Waals surface area (Å²) in [5.41, 5.74) is 6.06. The molecule has 0 saturated heterocycles. The number of rotatable bonds is 1. The average Bonchev–Trinajstić information content (AvgIpc) is 2.78. The Labute approximate surface area is 115 Å². The second kappa shape index (κ2) is 4.84. The van der Waals surface area contributed by atoms with Crippen LogP contribution in [0.25, 0.3) is 10.9 Å². The number of nitrogens with zero attached hydrogens (tertiary/aromatic N) is 3. The van der Waals surface area contributed by atoms with Gasteiger partial charge in [0.25, 0.3) is 0 Å². The van der Waals surface area contributed by atoms with Crippen molar-refractivity contribution in [1.29, 1.82) is 0 Å². The van der Waals surface area contributed by atoms with E-state index in [1.54, 1.807) is 39.0 Å². The molecule has 0 radical (unpaired) electrons. The van der Waals surface area contributed by atoms with Gasteiger partial charge in [0.2, 0.25) is 0 Å². The molecule has 106 valence electrons. The molecule has 0 aliphatic carbocycles. The van der Waals surface area contributed by atoms with E-state index in [0.717, 1.165) is 0 Å². The number of carbonyl (C=O) groups excluding carboxylic acids is 1. The van der Waals surface area contributed by atoms with E-state index in [9.17, 15) is 4.79 Å². The largest absolute Gasteiger partial charge is 0.442 e. The molecule has 0 spiro atoms. The number of hydrogen-bond donors (Lipinski definition) is 2. The molecule has 7 heteroatoms. The van der Waals surface area contributed by atoms with Gasteiger partial charge in [0.15, 0.2) is 5.84 Å². The number of nitrogens with two attached hydrogens (primary N) is 1. The van der Waals surface area contributed by atoms with Crippen LogP contribution in [-0.2, 0) is 4.74 Å². The fourth-order valence-electron chi connectivity index (χ4n) is 1.70. The van der Waals surface area contributed by atoms with Crippen molar-refractivity contribution in [2.45, 2.75) is 26.4 Å². The van der Waals surface area contributed by atoms with Gasteiger partial charge in [0.05, 0.1) is 11.7 Å². The van der Waals surface area contributed by atoms with E-state index >= 15 is 0 Å². The highest BCUT2D eigenvalue weighted by Crippen LogP contribution is 2.17. The van der Waals surface area contributed by atoms with E-state index in [0.29, 0.717) is 16.5 Å². The molecule has 0 atom stereocenters. The van der Waals surface area contributed by atoms with Gasteiger partial charge in [-0.15, -0.1) is 0 Å². The van der Waals surface area contributed by atoms with Crippen molar-refractivity contribution in [3.63, 3.8) is 0 Å². The summed E-state index contributed by atoms with van der Waals surface area (Å²) < 4.78 is 6.44. The standard InChI is InChI=1S/C13H16N4O3/c1-13(2,3)20-12(18)17-10-5-4-8(11(14)16-19)6-9(10)7-15-17/h4-7,19H,1-3H3,(H2,14,16). The van der Waals surface area contributed by atoms with Crippen LogP contribution in [0.2, 0.25) is 0 Å². The van der Waals surface area contributed by atoms with E-state index < -0.39 is 11.7 Å². The van der Waals surface area contributed by atoms with Gasteiger partial charge in [0, 0.05) is 10.9 Å². The van der Waals surface area contributed by atoms with E-state index in [1.807, 2.05) is 0 Å². The summed E-state index contributed by atoms with van der Waals surface area (Å²) in [4.78, 5) is 12.0. The van der Waals surface area contributed by atoms with E-state index in [4.69, 9.17) is 15.7 Å². The first kappa shape index (κ1) is 13.9. The molecule has 1 aromatic heterocycles. The number of ether oxygens (including phenoxy) is 1. The first-order chi connectivity index (χ1) is 9.31. The van der Waals surface area contributed by atoms with Crippen molar-refractivity contribution in [3.8, 4) is 0 Å². The summed E-state index contributed by atoms with van der Waals surface area (Å²) in [6.45, 7) is 5.35. The van der Waals surface area contributed by atoms with Crippen LogP contribution in [0.4, 0.5) is 4.79 Å².